The van der Waals surface area contributed by atoms with Crippen LogP contribution in [0.2, 0.25) is 0 Å². The molecule has 19 heavy (non-hydrogen) atoms. The van der Waals surface area contributed by atoms with E-state index in [1.807, 2.05) is 11.6 Å². The Morgan fingerprint density at radius 3 is 2.79 bits per heavy atom. The van der Waals surface area contributed by atoms with Gasteiger partial charge in [-0.3, -0.25) is 4.57 Å². The highest BCUT2D eigenvalue weighted by molar-refractivity contribution is 7.10. The molecule has 0 aliphatic carbocycles. The summed E-state index contributed by atoms with van der Waals surface area (Å²) in [5.41, 5.74) is 10.2. The summed E-state index contributed by atoms with van der Waals surface area (Å²) in [6.07, 6.45) is 0. The van der Waals surface area contributed by atoms with Crippen LogP contribution in [0.1, 0.15) is 23.1 Å². The van der Waals surface area contributed by atoms with Crippen molar-refractivity contribution in [2.24, 2.45) is 0 Å². The Labute approximate surface area is 115 Å². The summed E-state index contributed by atoms with van der Waals surface area (Å²) >= 11 is 1.75. The molecule has 0 spiro atoms. The lowest BCUT2D eigenvalue weighted by molar-refractivity contribution is 0.649. The summed E-state index contributed by atoms with van der Waals surface area (Å²) in [4.78, 5) is 5.77. The van der Waals surface area contributed by atoms with Crippen molar-refractivity contribution in [1.82, 2.24) is 19.3 Å². The van der Waals surface area contributed by atoms with Gasteiger partial charge in [-0.15, -0.1) is 11.3 Å². The van der Waals surface area contributed by atoms with E-state index in [2.05, 4.69) is 39.9 Å². The first-order valence-corrected chi connectivity index (χ1v) is 7.21. The standard InChI is InChI=1S/C13H17N5S/c1-4-18-12-11(9(3)16-18)15-13(14)17(12)7-10-8(2)5-6-19-10/h5-6H,4,7H2,1-3H3,(H2,14,15). The monoisotopic (exact) mass is 275 g/mol. The Kier molecular flexibility index (Phi) is 2.82. The average molecular weight is 275 g/mol. The minimum atomic E-state index is 0.561. The first-order chi connectivity index (χ1) is 9.11. The van der Waals surface area contributed by atoms with E-state index < -0.39 is 0 Å². The van der Waals surface area contributed by atoms with Gasteiger partial charge in [0.15, 0.2) is 5.65 Å². The molecule has 0 aliphatic heterocycles. The van der Waals surface area contributed by atoms with Gasteiger partial charge in [-0.1, -0.05) is 0 Å². The molecule has 6 heteroatoms. The van der Waals surface area contributed by atoms with Crippen molar-refractivity contribution in [3.8, 4) is 0 Å². The lowest BCUT2D eigenvalue weighted by atomic mass is 10.3. The van der Waals surface area contributed by atoms with Gasteiger partial charge >= 0.3 is 0 Å². The highest BCUT2D eigenvalue weighted by Crippen LogP contribution is 2.25. The van der Waals surface area contributed by atoms with Crippen LogP contribution in [0, 0.1) is 13.8 Å². The number of thiophene rings is 1. The fourth-order valence-corrected chi connectivity index (χ4v) is 3.22. The van der Waals surface area contributed by atoms with E-state index in [1.165, 1.54) is 10.4 Å². The van der Waals surface area contributed by atoms with E-state index in [9.17, 15) is 0 Å². The molecule has 0 radical (unpaired) electrons. The second-order valence-electron chi connectivity index (χ2n) is 4.66. The zero-order valence-corrected chi connectivity index (χ0v) is 12.2. The Balaban J connectivity index is 2.17. The number of nitrogens with zero attached hydrogens (tertiary/aromatic N) is 4. The summed E-state index contributed by atoms with van der Waals surface area (Å²) < 4.78 is 4.02. The van der Waals surface area contributed by atoms with Crippen molar-refractivity contribution in [1.29, 1.82) is 0 Å². The molecule has 3 aromatic heterocycles. The van der Waals surface area contributed by atoms with Gasteiger partial charge in [-0.05, 0) is 37.8 Å². The van der Waals surface area contributed by atoms with Crippen LogP contribution in [0.15, 0.2) is 11.4 Å². The van der Waals surface area contributed by atoms with Crippen molar-refractivity contribution in [3.63, 3.8) is 0 Å². The molecule has 0 saturated carbocycles. The molecule has 0 aromatic carbocycles. The highest BCUT2D eigenvalue weighted by atomic mass is 32.1. The van der Waals surface area contributed by atoms with E-state index in [4.69, 9.17) is 5.73 Å². The molecule has 0 amide bonds. The van der Waals surface area contributed by atoms with E-state index >= 15 is 0 Å². The highest BCUT2D eigenvalue weighted by Gasteiger charge is 2.17. The molecule has 100 valence electrons. The van der Waals surface area contributed by atoms with E-state index in [0.717, 1.165) is 29.9 Å². The molecule has 3 rings (SSSR count). The molecule has 0 aliphatic rings. The average Bonchev–Trinajstić information content (AvgIpc) is 3.01. The molecular weight excluding hydrogens is 258 g/mol. The molecule has 0 bridgehead atoms. The third kappa shape index (κ3) is 1.83. The number of imidazole rings is 1. The normalized spacial score (nSPS) is 11.5. The van der Waals surface area contributed by atoms with Crippen LogP contribution in [0.3, 0.4) is 0 Å². The maximum atomic E-state index is 6.07. The van der Waals surface area contributed by atoms with E-state index in [1.54, 1.807) is 11.3 Å². The topological polar surface area (TPSA) is 61.7 Å². The van der Waals surface area contributed by atoms with Gasteiger partial charge in [0.05, 0.1) is 12.2 Å². The number of fused-ring (bicyclic) bond motifs is 1. The van der Waals surface area contributed by atoms with Crippen molar-refractivity contribution in [2.75, 3.05) is 5.73 Å². The second-order valence-corrected chi connectivity index (χ2v) is 5.66. The third-order valence-corrected chi connectivity index (χ3v) is 4.41. The number of hydrogen-bond acceptors (Lipinski definition) is 4. The molecule has 3 aromatic rings. The predicted molar refractivity (Wildman–Crippen MR) is 78.5 cm³/mol. The van der Waals surface area contributed by atoms with Crippen LogP contribution in [-0.4, -0.2) is 19.3 Å². The molecule has 0 atom stereocenters. The quantitative estimate of drug-likeness (QED) is 0.799. The van der Waals surface area contributed by atoms with Gasteiger partial charge in [-0.25, -0.2) is 9.67 Å². The van der Waals surface area contributed by atoms with Crippen LogP contribution in [0.25, 0.3) is 11.2 Å². The fourth-order valence-electron chi connectivity index (χ4n) is 2.33. The number of aryl methyl sites for hydroxylation is 3. The minimum Gasteiger partial charge on any atom is -0.369 e. The summed E-state index contributed by atoms with van der Waals surface area (Å²) in [5, 5.41) is 6.61. The molecule has 3 heterocycles. The largest absolute Gasteiger partial charge is 0.369 e. The van der Waals surface area contributed by atoms with Crippen molar-refractivity contribution >= 4 is 28.4 Å². The zero-order valence-electron chi connectivity index (χ0n) is 11.3. The van der Waals surface area contributed by atoms with Gasteiger partial charge in [0.2, 0.25) is 5.95 Å². The predicted octanol–water partition coefficient (Wildman–Crippen LogP) is 2.56. The molecule has 2 N–H and O–H groups in total. The molecule has 0 saturated heterocycles. The lowest BCUT2D eigenvalue weighted by Crippen LogP contribution is -2.09. The van der Waals surface area contributed by atoms with Crippen LogP contribution >= 0.6 is 11.3 Å². The molecule has 0 fully saturated rings. The van der Waals surface area contributed by atoms with Gasteiger partial charge in [0.25, 0.3) is 0 Å². The second kappa shape index (κ2) is 4.38. The van der Waals surface area contributed by atoms with Crippen LogP contribution in [-0.2, 0) is 13.1 Å². The molecule has 5 nitrogen and oxygen atoms in total. The SMILES string of the molecule is CCn1nc(C)c2nc(N)n(Cc3sccc3C)c21. The summed E-state index contributed by atoms with van der Waals surface area (Å²) in [6.45, 7) is 7.76. The van der Waals surface area contributed by atoms with Gasteiger partial charge in [-0.2, -0.15) is 5.10 Å². The van der Waals surface area contributed by atoms with Gasteiger partial charge in [0, 0.05) is 11.4 Å². The number of rotatable bonds is 3. The smallest absolute Gasteiger partial charge is 0.202 e. The number of aromatic nitrogens is 4. The van der Waals surface area contributed by atoms with Crippen LogP contribution in [0.5, 0.6) is 0 Å². The number of anilines is 1. The maximum Gasteiger partial charge on any atom is 0.202 e. The first kappa shape index (κ1) is 12.2. The number of hydrogen-bond donors (Lipinski definition) is 1. The van der Waals surface area contributed by atoms with Gasteiger partial charge < -0.3 is 5.73 Å². The fraction of sp³-hybridized carbons (Fsp3) is 0.385. The van der Waals surface area contributed by atoms with Crippen LogP contribution < -0.4 is 5.73 Å². The van der Waals surface area contributed by atoms with E-state index in [0.29, 0.717) is 5.95 Å². The number of nitrogen functional groups attached to an aromatic ring is 1. The molecular formula is C13H17N5S. The Morgan fingerprint density at radius 2 is 2.16 bits per heavy atom. The van der Waals surface area contributed by atoms with Crippen molar-refractivity contribution in [3.05, 3.63) is 27.6 Å². The van der Waals surface area contributed by atoms with Crippen LogP contribution in [0.4, 0.5) is 5.95 Å². The summed E-state index contributed by atoms with van der Waals surface area (Å²) in [6, 6.07) is 2.13. The Bertz CT molecular complexity index is 734. The summed E-state index contributed by atoms with van der Waals surface area (Å²) in [5.74, 6) is 0.561. The first-order valence-electron chi connectivity index (χ1n) is 6.34. The third-order valence-electron chi connectivity index (χ3n) is 3.40. The zero-order chi connectivity index (χ0) is 13.6. The van der Waals surface area contributed by atoms with Crippen molar-refractivity contribution in [2.45, 2.75) is 33.9 Å². The Hall–Kier alpha value is -1.82. The minimum absolute atomic E-state index is 0.561. The maximum absolute atomic E-state index is 6.07. The summed E-state index contributed by atoms with van der Waals surface area (Å²) in [7, 11) is 0. The van der Waals surface area contributed by atoms with Crippen molar-refractivity contribution < 1.29 is 0 Å². The lowest BCUT2D eigenvalue weighted by Gasteiger charge is -2.07. The number of nitrogens with two attached hydrogens (primary N) is 1. The molecule has 0 unspecified atom stereocenters. The Morgan fingerprint density at radius 1 is 1.37 bits per heavy atom. The van der Waals surface area contributed by atoms with Gasteiger partial charge in [0.1, 0.15) is 5.52 Å². The van der Waals surface area contributed by atoms with E-state index in [-0.39, 0.29) is 0 Å².